The highest BCUT2D eigenvalue weighted by Gasteiger charge is 2.23. The van der Waals surface area contributed by atoms with Crippen LogP contribution in [0.25, 0.3) is 32.5 Å². The van der Waals surface area contributed by atoms with E-state index in [1.807, 2.05) is 41.8 Å². The van der Waals surface area contributed by atoms with Gasteiger partial charge >= 0.3 is 0 Å². The van der Waals surface area contributed by atoms with E-state index in [2.05, 4.69) is 10.3 Å². The van der Waals surface area contributed by atoms with Gasteiger partial charge in [0.2, 0.25) is 0 Å². The largest absolute Gasteiger partial charge is 0.506 e. The Bertz CT molecular complexity index is 1270. The van der Waals surface area contributed by atoms with Crippen LogP contribution < -0.4 is 10.9 Å². The van der Waals surface area contributed by atoms with Gasteiger partial charge < -0.3 is 15.4 Å². The number of aromatic nitrogens is 1. The van der Waals surface area contributed by atoms with Crippen molar-refractivity contribution in [2.45, 2.75) is 18.9 Å². The zero-order chi connectivity index (χ0) is 20.0. The number of rotatable bonds is 4. The van der Waals surface area contributed by atoms with Gasteiger partial charge in [-0.3, -0.25) is 9.59 Å². The lowest BCUT2D eigenvalue weighted by Crippen LogP contribution is -2.25. The summed E-state index contributed by atoms with van der Waals surface area (Å²) < 4.78 is 0. The summed E-state index contributed by atoms with van der Waals surface area (Å²) in [6, 6.07) is 16.9. The van der Waals surface area contributed by atoms with Gasteiger partial charge in [0.05, 0.1) is 11.1 Å². The average Bonchev–Trinajstić information content (AvgIpc) is 3.38. The second-order valence-electron chi connectivity index (χ2n) is 7.24. The summed E-state index contributed by atoms with van der Waals surface area (Å²) in [6.07, 6.45) is 2.11. The minimum atomic E-state index is -0.309. The maximum Gasteiger partial charge on any atom is 0.260 e. The summed E-state index contributed by atoms with van der Waals surface area (Å²) in [7, 11) is 0. The first-order valence-electron chi connectivity index (χ1n) is 9.44. The molecule has 1 amide bonds. The zero-order valence-corrected chi connectivity index (χ0v) is 16.3. The minimum absolute atomic E-state index is 0.0199. The number of nitrogens with one attached hydrogen (secondary N) is 2. The van der Waals surface area contributed by atoms with Crippen molar-refractivity contribution < 1.29 is 9.90 Å². The van der Waals surface area contributed by atoms with Crippen LogP contribution in [-0.2, 0) is 0 Å². The molecular formula is C23H18N2O3S. The number of hydrogen-bond donors (Lipinski definition) is 3. The lowest BCUT2D eigenvalue weighted by atomic mass is 10.0. The molecule has 0 atom stereocenters. The monoisotopic (exact) mass is 402 g/mol. The molecule has 5 rings (SSSR count). The van der Waals surface area contributed by atoms with Crippen molar-refractivity contribution in [3.8, 4) is 27.3 Å². The Hall–Kier alpha value is -3.38. The molecule has 144 valence electrons. The van der Waals surface area contributed by atoms with Gasteiger partial charge in [0.1, 0.15) is 5.75 Å². The normalized spacial score (nSPS) is 13.5. The maximum absolute atomic E-state index is 12.4. The molecule has 1 fully saturated rings. The number of pyridine rings is 1. The average molecular weight is 402 g/mol. The maximum atomic E-state index is 12.4. The van der Waals surface area contributed by atoms with Gasteiger partial charge in [-0.1, -0.05) is 24.3 Å². The summed E-state index contributed by atoms with van der Waals surface area (Å²) in [5.74, 6) is -0.0677. The lowest BCUT2D eigenvalue weighted by Gasteiger charge is -2.09. The topological polar surface area (TPSA) is 82.2 Å². The van der Waals surface area contributed by atoms with E-state index in [1.54, 1.807) is 18.2 Å². The molecule has 3 N–H and O–H groups in total. The molecule has 4 aromatic rings. The molecule has 0 saturated heterocycles. The first-order valence-corrected chi connectivity index (χ1v) is 10.3. The number of fused-ring (bicyclic) bond motifs is 1. The van der Waals surface area contributed by atoms with E-state index in [0.717, 1.165) is 28.8 Å². The summed E-state index contributed by atoms with van der Waals surface area (Å²) >= 11 is 1.41. The molecule has 29 heavy (non-hydrogen) atoms. The predicted octanol–water partition coefficient (Wildman–Crippen LogP) is 4.52. The molecule has 1 saturated carbocycles. The Morgan fingerprint density at radius 3 is 2.52 bits per heavy atom. The number of thiophene rings is 1. The number of benzene rings is 2. The highest BCUT2D eigenvalue weighted by Crippen LogP contribution is 2.36. The number of carbonyl (C=O) groups is 1. The van der Waals surface area contributed by atoms with Crippen molar-refractivity contribution in [2.24, 2.45) is 0 Å². The smallest absolute Gasteiger partial charge is 0.260 e. The fraction of sp³-hybridized carbons (Fsp3) is 0.130. The van der Waals surface area contributed by atoms with Crippen LogP contribution in [0.15, 0.2) is 64.8 Å². The number of aromatic hydroxyl groups is 1. The van der Waals surface area contributed by atoms with Gasteiger partial charge in [0.25, 0.3) is 11.5 Å². The van der Waals surface area contributed by atoms with Gasteiger partial charge in [-0.05, 0) is 59.7 Å². The van der Waals surface area contributed by atoms with Crippen LogP contribution in [0.5, 0.6) is 5.75 Å². The predicted molar refractivity (Wildman–Crippen MR) is 115 cm³/mol. The van der Waals surface area contributed by atoms with Crippen LogP contribution in [0.4, 0.5) is 0 Å². The molecule has 2 aromatic heterocycles. The van der Waals surface area contributed by atoms with E-state index in [1.165, 1.54) is 11.3 Å². The van der Waals surface area contributed by atoms with Gasteiger partial charge in [0.15, 0.2) is 0 Å². The first kappa shape index (κ1) is 17.7. The van der Waals surface area contributed by atoms with E-state index in [0.29, 0.717) is 22.5 Å². The van der Waals surface area contributed by atoms with Crippen LogP contribution in [0.1, 0.15) is 23.2 Å². The summed E-state index contributed by atoms with van der Waals surface area (Å²) in [4.78, 5) is 28.2. The number of hydrogen-bond acceptors (Lipinski definition) is 4. The summed E-state index contributed by atoms with van der Waals surface area (Å²) in [5.41, 5.74) is 3.02. The second kappa shape index (κ2) is 6.90. The summed E-state index contributed by atoms with van der Waals surface area (Å²) in [6.45, 7) is 0. The molecule has 0 radical (unpaired) electrons. The van der Waals surface area contributed by atoms with Gasteiger partial charge in [-0.25, -0.2) is 0 Å². The van der Waals surface area contributed by atoms with Crippen molar-refractivity contribution in [3.05, 3.63) is 75.9 Å². The Kier molecular flexibility index (Phi) is 4.21. The number of amides is 1. The lowest BCUT2D eigenvalue weighted by molar-refractivity contribution is 0.0951. The standard InChI is InChI=1S/C23H18N2O3S/c26-21-17-12-15(13-3-5-14(6-4-13)22(27)24-16-8-9-16)7-10-18(17)25-23(28)20(21)19-2-1-11-29-19/h1-7,10-12,16H,8-9H2,(H,24,27)(H2,25,26,28). The zero-order valence-electron chi connectivity index (χ0n) is 15.4. The van der Waals surface area contributed by atoms with E-state index in [-0.39, 0.29) is 22.8 Å². The van der Waals surface area contributed by atoms with E-state index in [9.17, 15) is 14.7 Å². The molecule has 5 nitrogen and oxygen atoms in total. The molecule has 0 aliphatic heterocycles. The van der Waals surface area contributed by atoms with Crippen LogP contribution >= 0.6 is 11.3 Å². The van der Waals surface area contributed by atoms with Crippen LogP contribution in [0, 0.1) is 0 Å². The summed E-state index contributed by atoms with van der Waals surface area (Å²) in [5, 5.41) is 16.3. The molecule has 6 heteroatoms. The molecule has 0 spiro atoms. The minimum Gasteiger partial charge on any atom is -0.506 e. The third kappa shape index (κ3) is 3.32. The van der Waals surface area contributed by atoms with Crippen molar-refractivity contribution >= 4 is 28.1 Å². The van der Waals surface area contributed by atoms with Crippen molar-refractivity contribution in [1.82, 2.24) is 10.3 Å². The third-order valence-electron chi connectivity index (χ3n) is 5.15. The highest BCUT2D eigenvalue weighted by atomic mass is 32.1. The Morgan fingerprint density at radius 1 is 1.07 bits per heavy atom. The third-order valence-corrected chi connectivity index (χ3v) is 6.03. The van der Waals surface area contributed by atoms with E-state index in [4.69, 9.17) is 0 Å². The molecular weight excluding hydrogens is 384 g/mol. The second-order valence-corrected chi connectivity index (χ2v) is 8.19. The Labute approximate surface area is 170 Å². The quantitative estimate of drug-likeness (QED) is 0.469. The molecule has 0 unspecified atom stereocenters. The van der Waals surface area contributed by atoms with Crippen LogP contribution in [-0.4, -0.2) is 22.0 Å². The van der Waals surface area contributed by atoms with Crippen molar-refractivity contribution in [3.63, 3.8) is 0 Å². The van der Waals surface area contributed by atoms with Crippen molar-refractivity contribution in [2.75, 3.05) is 0 Å². The first-order chi connectivity index (χ1) is 14.1. The van der Waals surface area contributed by atoms with Crippen molar-refractivity contribution in [1.29, 1.82) is 0 Å². The van der Waals surface area contributed by atoms with Gasteiger partial charge in [0, 0.05) is 21.9 Å². The number of H-pyrrole nitrogens is 1. The van der Waals surface area contributed by atoms with Gasteiger partial charge in [-0.15, -0.1) is 11.3 Å². The molecule has 1 aliphatic rings. The Morgan fingerprint density at radius 2 is 1.83 bits per heavy atom. The molecule has 2 aromatic carbocycles. The van der Waals surface area contributed by atoms with E-state index < -0.39 is 0 Å². The van der Waals surface area contributed by atoms with Crippen LogP contribution in [0.3, 0.4) is 0 Å². The highest BCUT2D eigenvalue weighted by molar-refractivity contribution is 7.13. The number of carbonyl (C=O) groups excluding carboxylic acids is 1. The van der Waals surface area contributed by atoms with E-state index >= 15 is 0 Å². The van der Waals surface area contributed by atoms with Gasteiger partial charge in [-0.2, -0.15) is 0 Å². The SMILES string of the molecule is O=C(NC1CC1)c1ccc(-c2ccc3[nH]c(=O)c(-c4cccs4)c(O)c3c2)cc1. The number of aromatic amines is 1. The van der Waals surface area contributed by atoms with Crippen LogP contribution in [0.2, 0.25) is 0 Å². The molecule has 0 bridgehead atoms. The molecule has 1 aliphatic carbocycles. The fourth-order valence-electron chi connectivity index (χ4n) is 3.42. The fourth-order valence-corrected chi connectivity index (χ4v) is 4.18. The molecule has 2 heterocycles. The Balaban J connectivity index is 1.54.